The van der Waals surface area contributed by atoms with E-state index in [1.54, 1.807) is 14.2 Å². The van der Waals surface area contributed by atoms with Crippen molar-refractivity contribution < 1.29 is 19.0 Å². The number of hydrogen-bond acceptors (Lipinski definition) is 5. The normalized spacial score (nSPS) is 18.2. The molecule has 3 rings (SSSR count). The average molecular weight is 388 g/mol. The van der Waals surface area contributed by atoms with E-state index in [0.717, 1.165) is 55.3 Å². The number of nitrogens with zero attached hydrogens (tertiary/aromatic N) is 2. The Balaban J connectivity index is 1.67. The minimum absolute atomic E-state index is 0.154. The molecule has 2 aromatic rings. The van der Waals surface area contributed by atoms with E-state index in [-0.39, 0.29) is 18.5 Å². The van der Waals surface area contributed by atoms with Gasteiger partial charge in [-0.05, 0) is 42.3 Å². The molecule has 0 aliphatic carbocycles. The standard InChI is InChI=1S/C22H29FN2O3/c1-27-21-7-8-22(28-2)18(13-21)15-24-10-11-25(20(16-24)9-12-26)14-17-3-5-19(23)6-4-17/h3-8,13,20,26H,9-12,14-16H2,1-2H3/t20-/m1/s1. The highest BCUT2D eigenvalue weighted by atomic mass is 19.1. The van der Waals surface area contributed by atoms with Crippen LogP contribution in [0, 0.1) is 5.82 Å². The lowest BCUT2D eigenvalue weighted by Crippen LogP contribution is -2.52. The van der Waals surface area contributed by atoms with Crippen molar-refractivity contribution in [1.29, 1.82) is 0 Å². The highest BCUT2D eigenvalue weighted by Gasteiger charge is 2.27. The zero-order valence-corrected chi connectivity index (χ0v) is 16.6. The SMILES string of the molecule is COc1ccc(OC)c(CN2CCN(Cc3ccc(F)cc3)[C@H](CCO)C2)c1. The zero-order valence-electron chi connectivity index (χ0n) is 16.6. The third kappa shape index (κ3) is 5.22. The van der Waals surface area contributed by atoms with E-state index >= 15 is 0 Å². The molecule has 0 unspecified atom stereocenters. The van der Waals surface area contributed by atoms with Crippen molar-refractivity contribution in [3.63, 3.8) is 0 Å². The maximum atomic E-state index is 13.2. The van der Waals surface area contributed by atoms with Crippen molar-refractivity contribution in [2.75, 3.05) is 40.5 Å². The summed E-state index contributed by atoms with van der Waals surface area (Å²) in [5.41, 5.74) is 2.18. The van der Waals surface area contributed by atoms with Crippen LogP contribution in [0.25, 0.3) is 0 Å². The minimum Gasteiger partial charge on any atom is -0.497 e. The Bertz CT molecular complexity index is 754. The van der Waals surface area contributed by atoms with Gasteiger partial charge in [0, 0.05) is 50.9 Å². The van der Waals surface area contributed by atoms with Gasteiger partial charge in [0.25, 0.3) is 0 Å². The molecule has 28 heavy (non-hydrogen) atoms. The molecule has 1 aliphatic heterocycles. The average Bonchev–Trinajstić information content (AvgIpc) is 2.71. The van der Waals surface area contributed by atoms with Crippen molar-refractivity contribution in [1.82, 2.24) is 9.80 Å². The first kappa shape index (κ1) is 20.6. The summed E-state index contributed by atoms with van der Waals surface area (Å²) < 4.78 is 24.0. The van der Waals surface area contributed by atoms with Gasteiger partial charge in [-0.2, -0.15) is 0 Å². The van der Waals surface area contributed by atoms with Crippen LogP contribution in [0.15, 0.2) is 42.5 Å². The Morgan fingerprint density at radius 3 is 2.50 bits per heavy atom. The van der Waals surface area contributed by atoms with Crippen molar-refractivity contribution in [2.24, 2.45) is 0 Å². The molecule has 0 aromatic heterocycles. The molecule has 1 heterocycles. The van der Waals surface area contributed by atoms with Crippen molar-refractivity contribution in [3.8, 4) is 11.5 Å². The maximum Gasteiger partial charge on any atom is 0.123 e. The summed E-state index contributed by atoms with van der Waals surface area (Å²) in [5.74, 6) is 1.46. The molecule has 0 bridgehead atoms. The summed E-state index contributed by atoms with van der Waals surface area (Å²) in [6.07, 6.45) is 0.715. The molecular weight excluding hydrogens is 359 g/mol. The smallest absolute Gasteiger partial charge is 0.123 e. The predicted octanol–water partition coefficient (Wildman–Crippen LogP) is 2.91. The quantitative estimate of drug-likeness (QED) is 0.753. The second-order valence-electron chi connectivity index (χ2n) is 7.18. The molecule has 6 heteroatoms. The van der Waals surface area contributed by atoms with Gasteiger partial charge >= 0.3 is 0 Å². The lowest BCUT2D eigenvalue weighted by Gasteiger charge is -2.41. The van der Waals surface area contributed by atoms with Gasteiger partial charge in [0.15, 0.2) is 0 Å². The second-order valence-corrected chi connectivity index (χ2v) is 7.18. The van der Waals surface area contributed by atoms with E-state index in [0.29, 0.717) is 6.42 Å². The van der Waals surface area contributed by atoms with Crippen LogP contribution in [0.3, 0.4) is 0 Å². The van der Waals surface area contributed by atoms with Crippen LogP contribution in [0.1, 0.15) is 17.5 Å². The van der Waals surface area contributed by atoms with Gasteiger partial charge in [0.1, 0.15) is 17.3 Å². The highest BCUT2D eigenvalue weighted by Crippen LogP contribution is 2.27. The molecular formula is C22H29FN2O3. The summed E-state index contributed by atoms with van der Waals surface area (Å²) in [4.78, 5) is 4.77. The van der Waals surface area contributed by atoms with Crippen LogP contribution in [0.2, 0.25) is 0 Å². The van der Waals surface area contributed by atoms with Gasteiger partial charge in [-0.1, -0.05) is 12.1 Å². The molecule has 5 nitrogen and oxygen atoms in total. The summed E-state index contributed by atoms with van der Waals surface area (Å²) in [6, 6.07) is 12.8. The monoisotopic (exact) mass is 388 g/mol. The van der Waals surface area contributed by atoms with Gasteiger partial charge in [-0.25, -0.2) is 4.39 Å². The number of benzene rings is 2. The number of ether oxygens (including phenoxy) is 2. The van der Waals surface area contributed by atoms with Crippen LogP contribution < -0.4 is 9.47 Å². The number of piperazine rings is 1. The maximum absolute atomic E-state index is 13.2. The minimum atomic E-state index is -0.215. The largest absolute Gasteiger partial charge is 0.497 e. The molecule has 152 valence electrons. The fourth-order valence-corrected chi connectivity index (χ4v) is 3.80. The molecule has 1 fully saturated rings. The molecule has 0 spiro atoms. The van der Waals surface area contributed by atoms with E-state index < -0.39 is 0 Å². The van der Waals surface area contributed by atoms with Crippen molar-refractivity contribution in [2.45, 2.75) is 25.6 Å². The number of aliphatic hydroxyl groups is 1. The van der Waals surface area contributed by atoms with Crippen LogP contribution in [0.5, 0.6) is 11.5 Å². The first-order valence-corrected chi connectivity index (χ1v) is 9.65. The van der Waals surface area contributed by atoms with Crippen molar-refractivity contribution in [3.05, 3.63) is 59.4 Å². The number of halogens is 1. The van der Waals surface area contributed by atoms with Gasteiger partial charge < -0.3 is 14.6 Å². The molecule has 1 N–H and O–H groups in total. The van der Waals surface area contributed by atoms with Gasteiger partial charge in [-0.3, -0.25) is 9.80 Å². The molecule has 1 saturated heterocycles. The topological polar surface area (TPSA) is 45.2 Å². The van der Waals surface area contributed by atoms with Crippen LogP contribution in [-0.4, -0.2) is 61.4 Å². The number of hydrogen-bond donors (Lipinski definition) is 1. The summed E-state index contributed by atoms with van der Waals surface area (Å²) in [5, 5.41) is 9.53. The van der Waals surface area contributed by atoms with Crippen LogP contribution in [-0.2, 0) is 13.1 Å². The molecule has 2 aromatic carbocycles. The van der Waals surface area contributed by atoms with Gasteiger partial charge in [0.05, 0.1) is 14.2 Å². The lowest BCUT2D eigenvalue weighted by atomic mass is 10.1. The third-order valence-electron chi connectivity index (χ3n) is 5.33. The van der Waals surface area contributed by atoms with Crippen molar-refractivity contribution >= 4 is 0 Å². The fourth-order valence-electron chi connectivity index (χ4n) is 3.80. The molecule has 1 aliphatic rings. The Morgan fingerprint density at radius 2 is 1.82 bits per heavy atom. The van der Waals surface area contributed by atoms with E-state index in [4.69, 9.17) is 9.47 Å². The summed E-state index contributed by atoms with van der Waals surface area (Å²) >= 11 is 0. The predicted molar refractivity (Wildman–Crippen MR) is 107 cm³/mol. The highest BCUT2D eigenvalue weighted by molar-refractivity contribution is 5.40. The first-order chi connectivity index (χ1) is 13.6. The Morgan fingerprint density at radius 1 is 1.04 bits per heavy atom. The Hall–Kier alpha value is -2.15. The zero-order chi connectivity index (χ0) is 19.9. The van der Waals surface area contributed by atoms with E-state index in [9.17, 15) is 9.50 Å². The van der Waals surface area contributed by atoms with Gasteiger partial charge in [0.2, 0.25) is 0 Å². The summed E-state index contributed by atoms with van der Waals surface area (Å²) in [6.45, 7) is 4.37. The van der Waals surface area contributed by atoms with E-state index in [1.807, 2.05) is 30.3 Å². The second kappa shape index (κ2) is 9.87. The molecule has 0 amide bonds. The Labute approximate surface area is 166 Å². The van der Waals surface area contributed by atoms with Crippen LogP contribution in [0.4, 0.5) is 4.39 Å². The number of aliphatic hydroxyl groups excluding tert-OH is 1. The lowest BCUT2D eigenvalue weighted by molar-refractivity contribution is 0.0496. The molecule has 1 atom stereocenters. The third-order valence-corrected chi connectivity index (χ3v) is 5.33. The number of rotatable bonds is 8. The van der Waals surface area contributed by atoms with E-state index in [1.165, 1.54) is 12.1 Å². The number of methoxy groups -OCH3 is 2. The van der Waals surface area contributed by atoms with Gasteiger partial charge in [-0.15, -0.1) is 0 Å². The Kier molecular flexibility index (Phi) is 7.25. The molecule has 0 saturated carbocycles. The molecule has 0 radical (unpaired) electrons. The first-order valence-electron chi connectivity index (χ1n) is 9.65. The summed E-state index contributed by atoms with van der Waals surface area (Å²) in [7, 11) is 3.34. The van der Waals surface area contributed by atoms with E-state index in [2.05, 4.69) is 9.80 Å². The fraction of sp³-hybridized carbons (Fsp3) is 0.455. The van der Waals surface area contributed by atoms with Crippen LogP contribution >= 0.6 is 0 Å².